The molecule has 21 heavy (non-hydrogen) atoms. The van der Waals surface area contributed by atoms with Crippen molar-refractivity contribution in [3.63, 3.8) is 0 Å². The smallest absolute Gasteiger partial charge is 0.237 e. The predicted octanol–water partition coefficient (Wildman–Crippen LogP) is 3.19. The molecular formula is C15H14BrN3O2. The Morgan fingerprint density at radius 2 is 2.24 bits per heavy atom. The van der Waals surface area contributed by atoms with E-state index in [0.29, 0.717) is 31.3 Å². The van der Waals surface area contributed by atoms with Gasteiger partial charge < -0.3 is 14.2 Å². The van der Waals surface area contributed by atoms with Crippen LogP contribution in [0, 0.1) is 0 Å². The summed E-state index contributed by atoms with van der Waals surface area (Å²) in [6.07, 6.45) is 2.65. The molecule has 2 aromatic heterocycles. The first-order chi connectivity index (χ1) is 10.1. The highest BCUT2D eigenvalue weighted by molar-refractivity contribution is 9.10. The molecule has 1 saturated heterocycles. The van der Waals surface area contributed by atoms with E-state index < -0.39 is 0 Å². The van der Waals surface area contributed by atoms with Gasteiger partial charge in [0.05, 0.1) is 18.6 Å². The van der Waals surface area contributed by atoms with Crippen LogP contribution in [0.15, 0.2) is 33.4 Å². The number of nitrogens with zero attached hydrogens (tertiary/aromatic N) is 2. The molecule has 0 saturated carbocycles. The lowest BCUT2D eigenvalue weighted by molar-refractivity contribution is -0.0644. The van der Waals surface area contributed by atoms with Crippen LogP contribution in [-0.2, 0) is 16.6 Å². The average molecular weight is 348 g/mol. The molecule has 1 aromatic carbocycles. The number of halogens is 1. The second kappa shape index (κ2) is 4.68. The fraction of sp³-hybridized carbons (Fsp3) is 0.333. The van der Waals surface area contributed by atoms with E-state index in [0.717, 1.165) is 15.6 Å². The molecule has 0 aliphatic carbocycles. The summed E-state index contributed by atoms with van der Waals surface area (Å²) in [5.74, 6) is 1.38. The van der Waals surface area contributed by atoms with Gasteiger partial charge in [-0.05, 0) is 30.7 Å². The molecule has 1 aliphatic rings. The molecule has 0 radical (unpaired) electrons. The van der Waals surface area contributed by atoms with Gasteiger partial charge in [0, 0.05) is 28.0 Å². The lowest BCUT2D eigenvalue weighted by Crippen LogP contribution is -2.44. The zero-order valence-electron chi connectivity index (χ0n) is 11.5. The summed E-state index contributed by atoms with van der Waals surface area (Å²) in [5, 5.41) is 5.28. The summed E-state index contributed by atoms with van der Waals surface area (Å²) in [7, 11) is 0. The van der Waals surface area contributed by atoms with Crippen molar-refractivity contribution in [2.75, 3.05) is 13.2 Å². The monoisotopic (exact) mass is 347 g/mol. The van der Waals surface area contributed by atoms with Crippen LogP contribution >= 0.6 is 15.9 Å². The maximum Gasteiger partial charge on any atom is 0.237 e. The first kappa shape index (κ1) is 13.0. The molecule has 6 heteroatoms. The molecule has 1 aliphatic heterocycles. The SMILES string of the molecule is CC1(c2nc(Cc3c[nH]c4ccc(Br)cc34)no2)COC1. The van der Waals surface area contributed by atoms with E-state index in [9.17, 15) is 0 Å². The Labute approximate surface area is 129 Å². The van der Waals surface area contributed by atoms with Crippen molar-refractivity contribution in [3.8, 4) is 0 Å². The second-order valence-electron chi connectivity index (χ2n) is 5.75. The van der Waals surface area contributed by atoms with E-state index in [2.05, 4.69) is 50.1 Å². The first-order valence-corrected chi connectivity index (χ1v) is 7.60. The van der Waals surface area contributed by atoms with Crippen LogP contribution in [0.4, 0.5) is 0 Å². The van der Waals surface area contributed by atoms with Gasteiger partial charge in [-0.25, -0.2) is 0 Å². The number of hydrogen-bond donors (Lipinski definition) is 1. The lowest BCUT2D eigenvalue weighted by atomic mass is 9.89. The molecule has 0 atom stereocenters. The van der Waals surface area contributed by atoms with Crippen LogP contribution in [0.3, 0.4) is 0 Å². The summed E-state index contributed by atoms with van der Waals surface area (Å²) >= 11 is 3.51. The number of benzene rings is 1. The van der Waals surface area contributed by atoms with Crippen LogP contribution in [0.5, 0.6) is 0 Å². The van der Waals surface area contributed by atoms with Crippen LogP contribution in [0.25, 0.3) is 10.9 Å². The van der Waals surface area contributed by atoms with E-state index >= 15 is 0 Å². The molecule has 1 fully saturated rings. The van der Waals surface area contributed by atoms with E-state index in [1.54, 1.807) is 0 Å². The van der Waals surface area contributed by atoms with Gasteiger partial charge in [0.2, 0.25) is 5.89 Å². The van der Waals surface area contributed by atoms with E-state index in [1.165, 1.54) is 5.39 Å². The van der Waals surface area contributed by atoms with Gasteiger partial charge >= 0.3 is 0 Å². The van der Waals surface area contributed by atoms with E-state index in [-0.39, 0.29) is 5.41 Å². The number of rotatable bonds is 3. The first-order valence-electron chi connectivity index (χ1n) is 6.80. The highest BCUT2D eigenvalue weighted by Crippen LogP contribution is 2.31. The Morgan fingerprint density at radius 1 is 1.38 bits per heavy atom. The van der Waals surface area contributed by atoms with Crippen molar-refractivity contribution in [1.29, 1.82) is 0 Å². The largest absolute Gasteiger partial charge is 0.379 e. The van der Waals surface area contributed by atoms with Gasteiger partial charge in [-0.2, -0.15) is 4.98 Å². The van der Waals surface area contributed by atoms with Crippen LogP contribution in [0.2, 0.25) is 0 Å². The molecule has 0 spiro atoms. The fourth-order valence-electron chi connectivity index (χ4n) is 2.57. The summed E-state index contributed by atoms with van der Waals surface area (Å²) in [4.78, 5) is 7.79. The predicted molar refractivity (Wildman–Crippen MR) is 81.3 cm³/mol. The fourth-order valence-corrected chi connectivity index (χ4v) is 2.93. The van der Waals surface area contributed by atoms with Crippen molar-refractivity contribution < 1.29 is 9.26 Å². The highest BCUT2D eigenvalue weighted by Gasteiger charge is 2.40. The third-order valence-electron chi connectivity index (χ3n) is 3.90. The molecule has 4 rings (SSSR count). The topological polar surface area (TPSA) is 63.9 Å². The molecule has 0 amide bonds. The normalized spacial score (nSPS) is 17.0. The molecule has 0 bridgehead atoms. The Bertz CT molecular complexity index is 804. The number of nitrogens with one attached hydrogen (secondary N) is 1. The van der Waals surface area contributed by atoms with E-state index in [4.69, 9.17) is 9.26 Å². The summed E-state index contributed by atoms with van der Waals surface area (Å²) in [6.45, 7) is 3.37. The van der Waals surface area contributed by atoms with Gasteiger partial charge in [-0.3, -0.25) is 0 Å². The Morgan fingerprint density at radius 3 is 3.00 bits per heavy atom. The number of aromatic amines is 1. The maximum absolute atomic E-state index is 5.40. The van der Waals surface area contributed by atoms with Gasteiger partial charge in [-0.15, -0.1) is 0 Å². The standard InChI is InChI=1S/C15H14BrN3O2/c1-15(7-20-8-15)14-18-13(19-21-14)4-9-6-17-12-3-2-10(16)5-11(9)12/h2-3,5-6,17H,4,7-8H2,1H3. The number of H-pyrrole nitrogens is 1. The molecule has 3 aromatic rings. The average Bonchev–Trinajstić information content (AvgIpc) is 3.05. The second-order valence-corrected chi connectivity index (χ2v) is 6.67. The van der Waals surface area contributed by atoms with Crippen molar-refractivity contribution in [2.45, 2.75) is 18.8 Å². The number of ether oxygens (including phenoxy) is 1. The molecule has 3 heterocycles. The molecular weight excluding hydrogens is 334 g/mol. The maximum atomic E-state index is 5.40. The molecule has 5 nitrogen and oxygen atoms in total. The van der Waals surface area contributed by atoms with Gasteiger partial charge in [0.1, 0.15) is 0 Å². The van der Waals surface area contributed by atoms with Crippen LogP contribution in [0.1, 0.15) is 24.2 Å². The third kappa shape index (κ3) is 2.18. The van der Waals surface area contributed by atoms with Crippen LogP contribution < -0.4 is 0 Å². The molecule has 108 valence electrons. The van der Waals surface area contributed by atoms with Crippen LogP contribution in [-0.4, -0.2) is 28.3 Å². The minimum atomic E-state index is -0.117. The Kier molecular flexibility index (Phi) is 2.90. The van der Waals surface area contributed by atoms with Crippen molar-refractivity contribution in [2.24, 2.45) is 0 Å². The quantitative estimate of drug-likeness (QED) is 0.790. The highest BCUT2D eigenvalue weighted by atomic mass is 79.9. The number of aromatic nitrogens is 3. The van der Waals surface area contributed by atoms with Gasteiger partial charge in [-0.1, -0.05) is 21.1 Å². The zero-order chi connectivity index (χ0) is 14.4. The summed E-state index contributed by atoms with van der Waals surface area (Å²) < 4.78 is 11.7. The molecule has 0 unspecified atom stereocenters. The van der Waals surface area contributed by atoms with E-state index in [1.807, 2.05) is 12.3 Å². The zero-order valence-corrected chi connectivity index (χ0v) is 13.1. The van der Waals surface area contributed by atoms with Crippen molar-refractivity contribution in [1.82, 2.24) is 15.1 Å². The minimum Gasteiger partial charge on any atom is -0.379 e. The minimum absolute atomic E-state index is 0.117. The summed E-state index contributed by atoms with van der Waals surface area (Å²) in [5.41, 5.74) is 2.15. The number of hydrogen-bond acceptors (Lipinski definition) is 4. The Balaban J connectivity index is 1.64. The van der Waals surface area contributed by atoms with Crippen molar-refractivity contribution >= 4 is 26.8 Å². The number of fused-ring (bicyclic) bond motifs is 1. The van der Waals surface area contributed by atoms with Gasteiger partial charge in [0.15, 0.2) is 5.82 Å². The lowest BCUT2D eigenvalue weighted by Gasteiger charge is -2.33. The summed E-state index contributed by atoms with van der Waals surface area (Å²) in [6, 6.07) is 6.17. The van der Waals surface area contributed by atoms with Gasteiger partial charge in [0.25, 0.3) is 0 Å². The Hall–Kier alpha value is -1.66. The third-order valence-corrected chi connectivity index (χ3v) is 4.40. The van der Waals surface area contributed by atoms with Crippen molar-refractivity contribution in [3.05, 3.63) is 46.1 Å². The molecule has 1 N–H and O–H groups in total.